The van der Waals surface area contributed by atoms with Crippen molar-refractivity contribution in [1.29, 1.82) is 0 Å². The number of halogens is 5. The number of benzene rings is 1. The number of likely N-dealkylation sites (tertiary alicyclic amines) is 1. The molecule has 7 nitrogen and oxygen atoms in total. The number of sulfonamides is 1. The maximum atomic E-state index is 13.1. The van der Waals surface area contributed by atoms with Crippen LogP contribution in [0.5, 0.6) is 0 Å². The number of hydrogen-bond donors (Lipinski definition) is 3. The van der Waals surface area contributed by atoms with E-state index in [1.54, 1.807) is 6.92 Å². The molecule has 1 fully saturated rings. The third kappa shape index (κ3) is 5.11. The molecular weight excluding hydrogens is 482 g/mol. The van der Waals surface area contributed by atoms with Crippen molar-refractivity contribution in [2.75, 3.05) is 13.1 Å². The molecule has 0 aliphatic carbocycles. The molecule has 0 saturated carbocycles. The molecule has 1 aromatic carbocycles. The van der Waals surface area contributed by atoms with Crippen LogP contribution in [0.15, 0.2) is 45.6 Å². The molecule has 0 aromatic heterocycles. The molecule has 1 saturated heterocycles. The molecule has 0 radical (unpaired) electrons. The van der Waals surface area contributed by atoms with Crippen molar-refractivity contribution in [1.82, 2.24) is 14.9 Å². The van der Waals surface area contributed by atoms with Gasteiger partial charge in [0.2, 0.25) is 0 Å². The second-order valence-electron chi connectivity index (χ2n) is 7.12. The van der Waals surface area contributed by atoms with Gasteiger partial charge in [0.1, 0.15) is 5.70 Å². The number of carbonyl (C=O) groups excluding carboxylic acids is 1. The van der Waals surface area contributed by atoms with Crippen LogP contribution >= 0.6 is 23.2 Å². The minimum atomic E-state index is -4.86. The maximum absolute atomic E-state index is 13.1. The number of amides is 1. The number of carbonyl (C=O) groups is 1. The number of dihydropyridines is 1. The normalized spacial score (nSPS) is 22.3. The second kappa shape index (κ2) is 8.53. The summed E-state index contributed by atoms with van der Waals surface area (Å²) in [7, 11) is -4.53. The molecule has 2 atom stereocenters. The number of rotatable bonds is 4. The van der Waals surface area contributed by atoms with E-state index in [1.807, 2.05) is 0 Å². The molecular formula is C18H18Cl2F3N3O4S. The molecule has 0 spiro atoms. The fraction of sp³-hybridized carbons (Fsp3) is 0.389. The standard InChI is InChI=1S/C18H18Cl2F3N3O4S/c1-9-14(20)7-15(16(24-9)17(28)26-5-4-10(27)8-26)25-31(29,30)11-2-3-13(19)12(6-11)18(21,22)23/h2-3,6-7,9-10,24-25,27H,4-5,8H2,1H3. The smallest absolute Gasteiger partial charge is 0.391 e. The zero-order valence-corrected chi connectivity index (χ0v) is 18.3. The van der Waals surface area contributed by atoms with E-state index in [0.717, 1.165) is 12.1 Å². The van der Waals surface area contributed by atoms with E-state index in [0.29, 0.717) is 12.5 Å². The van der Waals surface area contributed by atoms with Gasteiger partial charge >= 0.3 is 6.18 Å². The number of aliphatic hydroxyl groups is 1. The third-order valence-corrected chi connectivity index (χ3v) is 6.92. The van der Waals surface area contributed by atoms with E-state index in [2.05, 4.69) is 10.0 Å². The van der Waals surface area contributed by atoms with Crippen molar-refractivity contribution in [3.63, 3.8) is 0 Å². The molecule has 2 aliphatic heterocycles. The first-order valence-corrected chi connectivity index (χ1v) is 11.3. The van der Waals surface area contributed by atoms with Gasteiger partial charge in [-0.05, 0) is 37.6 Å². The molecule has 170 valence electrons. The number of nitrogens with zero attached hydrogens (tertiary/aromatic N) is 1. The van der Waals surface area contributed by atoms with Crippen LogP contribution in [0.1, 0.15) is 18.9 Å². The van der Waals surface area contributed by atoms with Gasteiger partial charge in [0.15, 0.2) is 0 Å². The summed E-state index contributed by atoms with van der Waals surface area (Å²) in [6, 6.07) is 1.65. The summed E-state index contributed by atoms with van der Waals surface area (Å²) >= 11 is 11.6. The number of nitrogens with one attached hydrogen (secondary N) is 2. The van der Waals surface area contributed by atoms with Crippen LogP contribution in [0, 0.1) is 0 Å². The molecule has 1 amide bonds. The number of aliphatic hydroxyl groups excluding tert-OH is 1. The van der Waals surface area contributed by atoms with Crippen LogP contribution < -0.4 is 10.0 Å². The summed E-state index contributed by atoms with van der Waals surface area (Å²) in [5.74, 6) is -0.575. The first-order valence-electron chi connectivity index (χ1n) is 9.04. The molecule has 1 aromatic rings. The van der Waals surface area contributed by atoms with E-state index >= 15 is 0 Å². The van der Waals surface area contributed by atoms with Gasteiger partial charge in [-0.15, -0.1) is 0 Å². The fourth-order valence-electron chi connectivity index (χ4n) is 3.13. The highest BCUT2D eigenvalue weighted by molar-refractivity contribution is 7.89. The Balaban J connectivity index is 2.00. The number of hydrogen-bond acceptors (Lipinski definition) is 5. The Morgan fingerprint density at radius 3 is 2.58 bits per heavy atom. The molecule has 0 bridgehead atoms. The summed E-state index contributed by atoms with van der Waals surface area (Å²) in [6.45, 7) is 1.98. The number of alkyl halides is 3. The van der Waals surface area contributed by atoms with Gasteiger partial charge in [0.25, 0.3) is 15.9 Å². The van der Waals surface area contributed by atoms with E-state index in [-0.39, 0.29) is 29.5 Å². The van der Waals surface area contributed by atoms with Gasteiger partial charge in [-0.25, -0.2) is 8.42 Å². The highest BCUT2D eigenvalue weighted by atomic mass is 35.5. The second-order valence-corrected chi connectivity index (χ2v) is 9.65. The average molecular weight is 500 g/mol. The highest BCUT2D eigenvalue weighted by Crippen LogP contribution is 2.36. The van der Waals surface area contributed by atoms with Crippen LogP contribution in [-0.2, 0) is 21.0 Å². The third-order valence-electron chi connectivity index (χ3n) is 4.79. The monoisotopic (exact) mass is 499 g/mol. The Bertz CT molecular complexity index is 1070. The maximum Gasteiger partial charge on any atom is 0.417 e. The van der Waals surface area contributed by atoms with Crippen LogP contribution in [0.25, 0.3) is 0 Å². The van der Waals surface area contributed by atoms with Crippen molar-refractivity contribution in [2.45, 2.75) is 36.6 Å². The predicted octanol–water partition coefficient (Wildman–Crippen LogP) is 2.56. The van der Waals surface area contributed by atoms with Crippen molar-refractivity contribution < 1.29 is 31.5 Å². The first-order chi connectivity index (χ1) is 14.3. The number of β-amino-alcohol motifs (C(OH)–C–C–N with tert-alkyl or cyclic N) is 1. The topological polar surface area (TPSA) is 98.7 Å². The lowest BCUT2D eigenvalue weighted by atomic mass is 10.1. The quantitative estimate of drug-likeness (QED) is 0.591. The van der Waals surface area contributed by atoms with Gasteiger partial charge in [-0.1, -0.05) is 23.2 Å². The average Bonchev–Trinajstić information content (AvgIpc) is 3.09. The number of allylic oxidation sites excluding steroid dienone is 1. The van der Waals surface area contributed by atoms with Crippen molar-refractivity contribution in [3.05, 3.63) is 51.3 Å². The van der Waals surface area contributed by atoms with Gasteiger partial charge in [-0.2, -0.15) is 13.2 Å². The summed E-state index contributed by atoms with van der Waals surface area (Å²) in [5.41, 5.74) is -1.66. The Hall–Kier alpha value is -1.95. The summed E-state index contributed by atoms with van der Waals surface area (Å²) < 4.78 is 67.1. The van der Waals surface area contributed by atoms with E-state index in [1.165, 1.54) is 11.0 Å². The zero-order valence-electron chi connectivity index (χ0n) is 16.0. The highest BCUT2D eigenvalue weighted by Gasteiger charge is 2.36. The molecule has 2 unspecified atom stereocenters. The SMILES string of the molecule is CC1NC(C(=O)N2CCC(O)C2)=C(NS(=O)(=O)c2ccc(Cl)c(C(F)(F)F)c2)C=C1Cl. The summed E-state index contributed by atoms with van der Waals surface area (Å²) in [5, 5.41) is 12.0. The van der Waals surface area contributed by atoms with E-state index < -0.39 is 49.7 Å². The van der Waals surface area contributed by atoms with Crippen LogP contribution in [0.4, 0.5) is 13.2 Å². The Kier molecular flexibility index (Phi) is 6.52. The lowest BCUT2D eigenvalue weighted by Crippen LogP contribution is -2.43. The molecule has 2 aliphatic rings. The lowest BCUT2D eigenvalue weighted by Gasteiger charge is -2.27. The molecule has 13 heteroatoms. The van der Waals surface area contributed by atoms with Gasteiger partial charge in [-0.3, -0.25) is 9.52 Å². The van der Waals surface area contributed by atoms with Crippen LogP contribution in [-0.4, -0.2) is 49.6 Å². The van der Waals surface area contributed by atoms with Crippen LogP contribution in [0.2, 0.25) is 5.02 Å². The van der Waals surface area contributed by atoms with E-state index in [4.69, 9.17) is 23.2 Å². The molecule has 31 heavy (non-hydrogen) atoms. The fourth-order valence-corrected chi connectivity index (χ4v) is 4.61. The van der Waals surface area contributed by atoms with Gasteiger partial charge < -0.3 is 15.3 Å². The van der Waals surface area contributed by atoms with Gasteiger partial charge in [0, 0.05) is 18.1 Å². The Morgan fingerprint density at radius 2 is 2.00 bits per heavy atom. The predicted molar refractivity (Wildman–Crippen MR) is 108 cm³/mol. The van der Waals surface area contributed by atoms with Gasteiger partial charge in [0.05, 0.1) is 33.3 Å². The Morgan fingerprint density at radius 1 is 1.32 bits per heavy atom. The van der Waals surface area contributed by atoms with Crippen molar-refractivity contribution in [2.24, 2.45) is 0 Å². The lowest BCUT2D eigenvalue weighted by molar-refractivity contribution is -0.137. The zero-order chi connectivity index (χ0) is 23.1. The van der Waals surface area contributed by atoms with E-state index in [9.17, 15) is 31.5 Å². The Labute approximate surface area is 186 Å². The first kappa shape index (κ1) is 23.7. The molecule has 2 heterocycles. The minimum absolute atomic E-state index is 0.0714. The summed E-state index contributed by atoms with van der Waals surface area (Å²) in [6.07, 6.45) is -3.96. The molecule has 3 N–H and O–H groups in total. The van der Waals surface area contributed by atoms with Crippen molar-refractivity contribution in [3.8, 4) is 0 Å². The summed E-state index contributed by atoms with van der Waals surface area (Å²) in [4.78, 5) is 13.5. The van der Waals surface area contributed by atoms with Crippen LogP contribution in [0.3, 0.4) is 0 Å². The van der Waals surface area contributed by atoms with Crippen molar-refractivity contribution >= 4 is 39.1 Å². The largest absolute Gasteiger partial charge is 0.417 e. The minimum Gasteiger partial charge on any atom is -0.391 e. The molecule has 3 rings (SSSR count).